The number of methoxy groups -OCH3 is 1. The first kappa shape index (κ1) is 60.8. The van der Waals surface area contributed by atoms with E-state index in [1.165, 1.54) is 77.3 Å². The predicted octanol–water partition coefficient (Wildman–Crippen LogP) is 5.82. The molecule has 2 saturated heterocycles. The maximum Gasteiger partial charge on any atom is 0.321 e. The van der Waals surface area contributed by atoms with Crippen LogP contribution >= 0.6 is 0 Å². The Morgan fingerprint density at radius 1 is 0.976 bits per heavy atom. The molecule has 440 valence electrons. The number of ether oxygens (including phenoxy) is 5. The molecule has 10 unspecified atom stereocenters. The van der Waals surface area contributed by atoms with Crippen molar-refractivity contribution in [2.24, 2.45) is 45.5 Å². The number of hydrogen-bond donors (Lipinski definition) is 5. The van der Waals surface area contributed by atoms with Gasteiger partial charge in [-0.15, -0.1) is 0 Å². The van der Waals surface area contributed by atoms with E-state index in [9.17, 15) is 48.9 Å². The molecule has 11 rings (SSSR count). The van der Waals surface area contributed by atoms with Gasteiger partial charge in [-0.1, -0.05) is 65.8 Å². The molecule has 0 saturated carbocycles. The van der Waals surface area contributed by atoms with E-state index in [0.29, 0.717) is 55.7 Å². The number of carbonyl (C=O) groups excluding carboxylic acids is 7. The van der Waals surface area contributed by atoms with Crippen LogP contribution < -0.4 is 26.1 Å². The lowest BCUT2D eigenvalue weighted by Crippen LogP contribution is -2.67. The minimum atomic E-state index is -2.02. The van der Waals surface area contributed by atoms with Gasteiger partial charge in [0.15, 0.2) is 17.1 Å². The van der Waals surface area contributed by atoms with Crippen LogP contribution in [0.5, 0.6) is 17.2 Å². The number of hydrogen-bond acceptors (Lipinski definition) is 18. The van der Waals surface area contributed by atoms with Gasteiger partial charge in [0.25, 0.3) is 11.7 Å². The molecule has 8 heterocycles. The summed E-state index contributed by atoms with van der Waals surface area (Å²) in [5, 5.41) is 42.7. The molecule has 8 aliphatic rings. The number of aliphatic hydroxyl groups is 1. The number of amides is 3. The first-order chi connectivity index (χ1) is 38.7. The van der Waals surface area contributed by atoms with Crippen LogP contribution in [0, 0.1) is 42.4 Å². The van der Waals surface area contributed by atoms with E-state index in [4.69, 9.17) is 28.7 Å². The molecule has 82 heavy (non-hydrogen) atoms. The maximum atomic E-state index is 15.0. The number of aromatic hydroxyl groups is 2. The van der Waals surface area contributed by atoms with E-state index < -0.39 is 119 Å². The number of allylic oxidation sites excluding steroid dienone is 2. The second-order valence-corrected chi connectivity index (χ2v) is 23.3. The Balaban J connectivity index is 1.23. The normalized spacial score (nSPS) is 28.6. The fraction of sp³-hybridized carbons (Fsp3) is 0.525. The lowest BCUT2D eigenvalue weighted by molar-refractivity contribution is -0.250. The van der Waals surface area contributed by atoms with Gasteiger partial charge < -0.3 is 69.0 Å². The molecule has 0 radical (unpaired) electrons. The van der Waals surface area contributed by atoms with Gasteiger partial charge in [-0.05, 0) is 56.0 Å². The number of ketones is 2. The van der Waals surface area contributed by atoms with Crippen LogP contribution in [0.25, 0.3) is 10.8 Å². The van der Waals surface area contributed by atoms with Gasteiger partial charge >= 0.3 is 17.8 Å². The standard InChI is InChI=1S/C61H76N6O15/c1-31(2)27-67-23-21-60(22-24-67)64-47-44-45-51(73)36(7)55-46(44)56(75)59(10,81-55)79-25-19-42(78-12)33(4)53(80-38(9)70)34(5)50(72)35(6)54-37(8)61(82-54,20-13-14-32(3)57(76)63-49(52(45)74)48(47)65-60)43(71)28-66(11)58(77)62-41-17-15-39(16-18-41)26-40(29-68)30-69/h13-20,25,29-31,33-35,37,40,42,50,53-54,64,72-74H,21-24,26-28H2,1-12H3,(H,62,77)/b20-13?,25-19?,32-14-,63-49?. The molecule has 3 aromatic carbocycles. The maximum absolute atomic E-state index is 15.0. The Hall–Kier alpha value is -7.33. The Bertz CT molecular complexity index is 3270. The number of anilines is 2. The number of aldehydes is 2. The summed E-state index contributed by atoms with van der Waals surface area (Å²) in [4.78, 5) is 106. The second kappa shape index (κ2) is 23.9. The predicted molar refractivity (Wildman–Crippen MR) is 302 cm³/mol. The molecule has 3 amide bonds. The monoisotopic (exact) mass is 1130 g/mol. The van der Waals surface area contributed by atoms with Crippen LogP contribution in [0.3, 0.4) is 0 Å². The van der Waals surface area contributed by atoms with E-state index in [-0.39, 0.29) is 56.0 Å². The van der Waals surface area contributed by atoms with E-state index >= 15 is 0 Å². The molecule has 7 bridgehead atoms. The highest BCUT2D eigenvalue weighted by molar-refractivity contribution is 6.21. The van der Waals surface area contributed by atoms with Crippen molar-refractivity contribution in [1.29, 1.82) is 0 Å². The van der Waals surface area contributed by atoms with Crippen molar-refractivity contribution in [2.75, 3.05) is 51.0 Å². The van der Waals surface area contributed by atoms with E-state index in [2.05, 4.69) is 34.4 Å². The van der Waals surface area contributed by atoms with Gasteiger partial charge in [0, 0.05) is 106 Å². The summed E-state index contributed by atoms with van der Waals surface area (Å²) in [6, 6.07) is 5.93. The largest absolute Gasteiger partial charge is 0.507 e. The molecule has 0 aliphatic carbocycles. The zero-order chi connectivity index (χ0) is 59.9. The van der Waals surface area contributed by atoms with Crippen molar-refractivity contribution in [3.05, 3.63) is 87.8 Å². The second-order valence-electron chi connectivity index (χ2n) is 23.3. The summed E-state index contributed by atoms with van der Waals surface area (Å²) in [7, 11) is 2.87. The number of urea groups is 1. The number of esters is 1. The molecule has 0 aromatic heterocycles. The number of Topliss-reactive ketones (excluding diaryl/α,β-unsaturated/α-hetero) is 2. The number of nitrogens with zero attached hydrogens (tertiary/aromatic N) is 4. The summed E-state index contributed by atoms with van der Waals surface area (Å²) in [5.41, 5.74) is -1.17. The van der Waals surface area contributed by atoms with Gasteiger partial charge in [0.05, 0.1) is 53.7 Å². The Morgan fingerprint density at radius 2 is 1.65 bits per heavy atom. The summed E-state index contributed by atoms with van der Waals surface area (Å²) in [6.07, 6.45) is 5.71. The molecule has 21 nitrogen and oxygen atoms in total. The number of phenols is 2. The number of nitrogens with one attached hydrogen (secondary N) is 2. The van der Waals surface area contributed by atoms with E-state index in [1.807, 2.05) is 0 Å². The molecule has 1 spiro atoms. The van der Waals surface area contributed by atoms with Crippen LogP contribution in [0.15, 0.2) is 70.4 Å². The smallest absolute Gasteiger partial charge is 0.321 e. The number of benzene rings is 3. The number of rotatable bonds is 12. The third-order valence-corrected chi connectivity index (χ3v) is 17.0. The van der Waals surface area contributed by atoms with Gasteiger partial charge in [0.2, 0.25) is 0 Å². The van der Waals surface area contributed by atoms with Crippen molar-refractivity contribution >= 4 is 64.2 Å². The highest BCUT2D eigenvalue weighted by Crippen LogP contribution is 2.52. The summed E-state index contributed by atoms with van der Waals surface area (Å²) < 4.78 is 31.0. The Morgan fingerprint density at radius 3 is 2.26 bits per heavy atom. The third-order valence-electron chi connectivity index (χ3n) is 17.0. The zero-order valence-electron chi connectivity index (χ0n) is 48.6. The molecule has 8 aliphatic heterocycles. The van der Waals surface area contributed by atoms with Crippen molar-refractivity contribution in [1.82, 2.24) is 9.80 Å². The fourth-order valence-corrected chi connectivity index (χ4v) is 12.1. The summed E-state index contributed by atoms with van der Waals surface area (Å²) in [5.74, 6) is -8.84. The van der Waals surface area contributed by atoms with Crippen LogP contribution in [-0.4, -0.2) is 149 Å². The molecule has 2 fully saturated rings. The van der Waals surface area contributed by atoms with Gasteiger partial charge in [-0.2, -0.15) is 0 Å². The van der Waals surface area contributed by atoms with Gasteiger partial charge in [0.1, 0.15) is 46.6 Å². The molecule has 3 aromatic rings. The number of aliphatic hydroxyl groups excluding tert-OH is 1. The van der Waals surface area contributed by atoms with Crippen LogP contribution in [0.2, 0.25) is 0 Å². The molecule has 10 atom stereocenters. The molecule has 21 heteroatoms. The first-order valence-corrected chi connectivity index (χ1v) is 27.9. The first-order valence-electron chi connectivity index (χ1n) is 27.9. The molecular weight excluding hydrogens is 1060 g/mol. The lowest BCUT2D eigenvalue weighted by Gasteiger charge is -2.54. The van der Waals surface area contributed by atoms with Crippen molar-refractivity contribution in [2.45, 2.75) is 130 Å². The third kappa shape index (κ3) is 11.4. The van der Waals surface area contributed by atoms with Crippen LogP contribution in [-0.2, 0) is 49.3 Å². The van der Waals surface area contributed by atoms with Crippen molar-refractivity contribution in [3.8, 4) is 17.2 Å². The van der Waals surface area contributed by atoms with Crippen LogP contribution in [0.1, 0.15) is 96.6 Å². The number of likely N-dealkylation sites (N-methyl/N-ethyl adjacent to an activating group) is 1. The van der Waals surface area contributed by atoms with E-state index in [0.717, 1.165) is 6.54 Å². The number of likely N-dealkylation sites (tertiary alicyclic amines) is 1. The van der Waals surface area contributed by atoms with Crippen LogP contribution in [0.4, 0.5) is 16.2 Å². The van der Waals surface area contributed by atoms with E-state index in [1.54, 1.807) is 52.0 Å². The SMILES string of the molecule is COC1C=COC2(C)Oc3c(C)c(O)c4c(O)c(c5c(c4c3C2=O)NC2(CCN(CC(C)C)CC2)N=5)=NC(=O)/C(C)=C\C=CC2(C(=O)CN(C)C(=O)Nc3ccc(CC(C=O)C=O)cc3)OC(C(C)C(O)C(C)C(OC(C)=O)C1C)C2C. The number of phenolic OH excluding ortho intramolecular Hbond substituents is 2. The quantitative estimate of drug-likeness (QED) is 0.0619. The van der Waals surface area contributed by atoms with Gasteiger partial charge in [-0.25, -0.2) is 9.79 Å². The Labute approximate surface area is 476 Å². The molecular formula is C61H76N6O15. The summed E-state index contributed by atoms with van der Waals surface area (Å²) >= 11 is 0. The summed E-state index contributed by atoms with van der Waals surface area (Å²) in [6.45, 7) is 18.7. The molecule has 5 N–H and O–H groups in total. The highest BCUT2D eigenvalue weighted by atomic mass is 16.7. The average Bonchev–Trinajstić information content (AvgIpc) is 4.11. The van der Waals surface area contributed by atoms with Gasteiger partial charge in [-0.3, -0.25) is 24.2 Å². The minimum Gasteiger partial charge on any atom is -0.507 e. The number of piperidine rings is 1. The Kier molecular flexibility index (Phi) is 17.7. The topological polar surface area (TPSA) is 282 Å². The van der Waals surface area contributed by atoms with Crippen molar-refractivity contribution in [3.63, 3.8) is 0 Å². The highest BCUT2D eigenvalue weighted by Gasteiger charge is 2.59. The average molecular weight is 1130 g/mol. The fourth-order valence-electron chi connectivity index (χ4n) is 12.1. The zero-order valence-corrected chi connectivity index (χ0v) is 48.6. The number of carbonyl (C=O) groups is 7. The van der Waals surface area contributed by atoms with Crippen molar-refractivity contribution < 1.29 is 72.6 Å². The minimum absolute atomic E-state index is 0.00335. The lowest BCUT2D eigenvalue weighted by atomic mass is 9.68.